The maximum atomic E-state index is 11.8. The van der Waals surface area contributed by atoms with Gasteiger partial charge >= 0.3 is 0 Å². The fraction of sp³-hybridized carbons (Fsp3) is 0.929. The molecule has 0 saturated carbocycles. The van der Waals surface area contributed by atoms with Crippen LogP contribution in [0.4, 0.5) is 0 Å². The van der Waals surface area contributed by atoms with Gasteiger partial charge in [-0.3, -0.25) is 4.79 Å². The molecule has 4 heteroatoms. The molecule has 104 valence electrons. The molecule has 1 unspecified atom stereocenters. The third-order valence-corrected chi connectivity index (χ3v) is 4.00. The van der Waals surface area contributed by atoms with Crippen LogP contribution in [0.1, 0.15) is 38.5 Å². The van der Waals surface area contributed by atoms with Gasteiger partial charge in [0.25, 0.3) is 0 Å². The fourth-order valence-corrected chi connectivity index (χ4v) is 2.81. The van der Waals surface area contributed by atoms with Crippen molar-refractivity contribution in [1.82, 2.24) is 10.2 Å². The standard InChI is InChI=1S/C14H26N2O2/c17-14(16-8-2-1-3-9-16)12-18-10-6-13-5-4-7-15-11-13/h13,15H,1-12H2. The predicted octanol–water partition coefficient (Wildman–Crippen LogP) is 1.41. The van der Waals surface area contributed by atoms with Gasteiger partial charge in [-0.15, -0.1) is 0 Å². The molecule has 2 rings (SSSR count). The summed E-state index contributed by atoms with van der Waals surface area (Å²) in [6.07, 6.45) is 7.23. The lowest BCUT2D eigenvalue weighted by atomic mass is 9.97. The van der Waals surface area contributed by atoms with Crippen molar-refractivity contribution in [1.29, 1.82) is 0 Å². The molecule has 0 aliphatic carbocycles. The molecular weight excluding hydrogens is 228 g/mol. The molecule has 0 aromatic carbocycles. The minimum atomic E-state index is 0.177. The summed E-state index contributed by atoms with van der Waals surface area (Å²) in [7, 11) is 0. The second-order valence-corrected chi connectivity index (χ2v) is 5.50. The number of amides is 1. The number of rotatable bonds is 5. The van der Waals surface area contributed by atoms with E-state index in [4.69, 9.17) is 4.74 Å². The first-order valence-corrected chi connectivity index (χ1v) is 7.42. The second kappa shape index (κ2) is 7.74. The fourth-order valence-electron chi connectivity index (χ4n) is 2.81. The molecular formula is C14H26N2O2. The number of carbonyl (C=O) groups is 1. The van der Waals surface area contributed by atoms with Crippen LogP contribution >= 0.6 is 0 Å². The molecule has 1 N–H and O–H groups in total. The highest BCUT2D eigenvalue weighted by atomic mass is 16.5. The van der Waals surface area contributed by atoms with E-state index in [1.54, 1.807) is 0 Å². The molecule has 1 amide bonds. The highest BCUT2D eigenvalue weighted by molar-refractivity contribution is 5.77. The maximum absolute atomic E-state index is 11.8. The summed E-state index contributed by atoms with van der Waals surface area (Å²) in [6.45, 7) is 5.13. The summed E-state index contributed by atoms with van der Waals surface area (Å²) in [5.41, 5.74) is 0. The van der Waals surface area contributed by atoms with Crippen LogP contribution in [0.2, 0.25) is 0 Å². The minimum Gasteiger partial charge on any atom is -0.372 e. The summed E-state index contributed by atoms with van der Waals surface area (Å²) in [5, 5.41) is 3.41. The van der Waals surface area contributed by atoms with Crippen LogP contribution in [0.15, 0.2) is 0 Å². The van der Waals surface area contributed by atoms with Crippen LogP contribution in [0, 0.1) is 5.92 Å². The summed E-state index contributed by atoms with van der Waals surface area (Å²) in [4.78, 5) is 13.8. The monoisotopic (exact) mass is 254 g/mol. The van der Waals surface area contributed by atoms with E-state index in [0.29, 0.717) is 0 Å². The Morgan fingerprint density at radius 3 is 2.78 bits per heavy atom. The zero-order chi connectivity index (χ0) is 12.6. The van der Waals surface area contributed by atoms with Gasteiger partial charge in [0.2, 0.25) is 5.91 Å². The molecule has 0 spiro atoms. The summed E-state index contributed by atoms with van der Waals surface area (Å²) in [6, 6.07) is 0. The number of hydrogen-bond acceptors (Lipinski definition) is 3. The van der Waals surface area contributed by atoms with Gasteiger partial charge in [-0.2, -0.15) is 0 Å². The summed E-state index contributed by atoms with van der Waals surface area (Å²) < 4.78 is 5.53. The van der Waals surface area contributed by atoms with Crippen molar-refractivity contribution >= 4 is 5.91 Å². The van der Waals surface area contributed by atoms with Crippen molar-refractivity contribution in [3.05, 3.63) is 0 Å². The van der Waals surface area contributed by atoms with Gasteiger partial charge in [0, 0.05) is 19.7 Å². The van der Waals surface area contributed by atoms with E-state index in [-0.39, 0.29) is 12.5 Å². The molecule has 0 aromatic rings. The van der Waals surface area contributed by atoms with Gasteiger partial charge < -0.3 is 15.0 Å². The maximum Gasteiger partial charge on any atom is 0.248 e. The average Bonchev–Trinajstić information content (AvgIpc) is 2.45. The van der Waals surface area contributed by atoms with Crippen LogP contribution in [-0.4, -0.2) is 50.2 Å². The van der Waals surface area contributed by atoms with Gasteiger partial charge in [-0.1, -0.05) is 0 Å². The van der Waals surface area contributed by atoms with Crippen molar-refractivity contribution in [3.8, 4) is 0 Å². The molecule has 2 aliphatic heterocycles. The minimum absolute atomic E-state index is 0.177. The van der Waals surface area contributed by atoms with Gasteiger partial charge in [-0.05, 0) is 57.5 Å². The Hall–Kier alpha value is -0.610. The predicted molar refractivity (Wildman–Crippen MR) is 71.5 cm³/mol. The Bertz CT molecular complexity index is 246. The lowest BCUT2D eigenvalue weighted by Gasteiger charge is -2.27. The van der Waals surface area contributed by atoms with Gasteiger partial charge in [0.15, 0.2) is 0 Å². The first kappa shape index (κ1) is 13.8. The Kier molecular flexibility index (Phi) is 5.94. The number of carbonyl (C=O) groups excluding carboxylic acids is 1. The number of hydrogen-bond donors (Lipinski definition) is 1. The Balaban J connectivity index is 1.52. The van der Waals surface area contributed by atoms with Crippen LogP contribution < -0.4 is 5.32 Å². The molecule has 1 atom stereocenters. The van der Waals surface area contributed by atoms with Gasteiger partial charge in [-0.25, -0.2) is 0 Å². The van der Waals surface area contributed by atoms with E-state index < -0.39 is 0 Å². The van der Waals surface area contributed by atoms with Crippen molar-refractivity contribution in [2.24, 2.45) is 5.92 Å². The van der Waals surface area contributed by atoms with Crippen molar-refractivity contribution < 1.29 is 9.53 Å². The zero-order valence-electron chi connectivity index (χ0n) is 11.3. The van der Waals surface area contributed by atoms with Crippen LogP contribution in [-0.2, 0) is 9.53 Å². The molecule has 2 saturated heterocycles. The third kappa shape index (κ3) is 4.58. The lowest BCUT2D eigenvalue weighted by molar-refractivity contribution is -0.137. The Labute approximate surface area is 110 Å². The molecule has 0 aromatic heterocycles. The van der Waals surface area contributed by atoms with Crippen molar-refractivity contribution in [2.45, 2.75) is 38.5 Å². The SMILES string of the molecule is O=C(COCCC1CCCNC1)N1CCCCC1. The van der Waals surface area contributed by atoms with Crippen molar-refractivity contribution in [3.63, 3.8) is 0 Å². The van der Waals surface area contributed by atoms with E-state index in [1.165, 1.54) is 19.3 Å². The topological polar surface area (TPSA) is 41.6 Å². The second-order valence-electron chi connectivity index (χ2n) is 5.50. The molecule has 0 radical (unpaired) electrons. The summed E-state index contributed by atoms with van der Waals surface area (Å²) >= 11 is 0. The van der Waals surface area contributed by atoms with E-state index in [2.05, 4.69) is 5.32 Å². The van der Waals surface area contributed by atoms with Crippen LogP contribution in [0.25, 0.3) is 0 Å². The molecule has 2 fully saturated rings. The number of likely N-dealkylation sites (tertiary alicyclic amines) is 1. The number of ether oxygens (including phenoxy) is 1. The smallest absolute Gasteiger partial charge is 0.248 e. The largest absolute Gasteiger partial charge is 0.372 e. The van der Waals surface area contributed by atoms with Gasteiger partial charge in [0.05, 0.1) is 0 Å². The molecule has 4 nitrogen and oxygen atoms in total. The first-order valence-electron chi connectivity index (χ1n) is 7.42. The zero-order valence-corrected chi connectivity index (χ0v) is 11.3. The highest BCUT2D eigenvalue weighted by Gasteiger charge is 2.17. The van der Waals surface area contributed by atoms with E-state index >= 15 is 0 Å². The third-order valence-electron chi connectivity index (χ3n) is 4.00. The van der Waals surface area contributed by atoms with E-state index in [1.807, 2.05) is 4.90 Å². The van der Waals surface area contributed by atoms with Crippen molar-refractivity contribution in [2.75, 3.05) is 39.4 Å². The normalized spacial score (nSPS) is 25.1. The number of nitrogens with zero attached hydrogens (tertiary/aromatic N) is 1. The van der Waals surface area contributed by atoms with E-state index in [0.717, 1.165) is 58.0 Å². The van der Waals surface area contributed by atoms with Gasteiger partial charge in [0.1, 0.15) is 6.61 Å². The Morgan fingerprint density at radius 2 is 2.06 bits per heavy atom. The lowest BCUT2D eigenvalue weighted by Crippen LogP contribution is -2.38. The molecule has 2 heterocycles. The molecule has 0 bridgehead atoms. The van der Waals surface area contributed by atoms with Crippen LogP contribution in [0.5, 0.6) is 0 Å². The highest BCUT2D eigenvalue weighted by Crippen LogP contribution is 2.14. The van der Waals surface area contributed by atoms with Crippen LogP contribution in [0.3, 0.4) is 0 Å². The number of nitrogens with one attached hydrogen (secondary N) is 1. The summed E-state index contributed by atoms with van der Waals surface area (Å²) in [5.74, 6) is 0.917. The molecule has 18 heavy (non-hydrogen) atoms. The number of piperidine rings is 2. The van der Waals surface area contributed by atoms with E-state index in [9.17, 15) is 4.79 Å². The average molecular weight is 254 g/mol. The molecule has 2 aliphatic rings. The quantitative estimate of drug-likeness (QED) is 0.754. The Morgan fingerprint density at radius 1 is 1.22 bits per heavy atom. The first-order chi connectivity index (χ1) is 8.86.